The average Bonchev–Trinajstić information content (AvgIpc) is 3.61. The van der Waals surface area contributed by atoms with Crippen molar-refractivity contribution < 1.29 is 9.63 Å². The van der Waals surface area contributed by atoms with Gasteiger partial charge >= 0.3 is 0 Å². The molecule has 0 aliphatic carbocycles. The SMILES string of the molecule is O=C(NCC1CC(c2cccc(-c3ccc(CN4CCCC4)cc3)c2)=NO1)c1ccc(Cl)s1. The predicted molar refractivity (Wildman–Crippen MR) is 134 cm³/mol. The summed E-state index contributed by atoms with van der Waals surface area (Å²) in [5.74, 6) is -0.140. The molecular weight excluding hydrogens is 454 g/mol. The number of oxime groups is 1. The predicted octanol–water partition coefficient (Wildman–Crippen LogP) is 5.59. The van der Waals surface area contributed by atoms with E-state index in [0.29, 0.717) is 22.2 Å². The Morgan fingerprint density at radius 2 is 1.85 bits per heavy atom. The molecule has 1 amide bonds. The quantitative estimate of drug-likeness (QED) is 0.480. The smallest absolute Gasteiger partial charge is 0.261 e. The van der Waals surface area contributed by atoms with Gasteiger partial charge in [-0.15, -0.1) is 11.3 Å². The maximum Gasteiger partial charge on any atom is 0.261 e. The van der Waals surface area contributed by atoms with Crippen LogP contribution in [0.25, 0.3) is 11.1 Å². The number of halogens is 1. The molecule has 3 aromatic rings. The summed E-state index contributed by atoms with van der Waals surface area (Å²) in [5.41, 5.74) is 5.67. The van der Waals surface area contributed by atoms with E-state index < -0.39 is 0 Å². The average molecular weight is 480 g/mol. The number of hydrogen-bond donors (Lipinski definition) is 1. The van der Waals surface area contributed by atoms with Gasteiger partial charge in [-0.25, -0.2) is 0 Å². The molecule has 0 spiro atoms. The summed E-state index contributed by atoms with van der Waals surface area (Å²) in [6, 6.07) is 20.7. The molecule has 3 heterocycles. The molecule has 1 unspecified atom stereocenters. The van der Waals surface area contributed by atoms with Crippen molar-refractivity contribution in [2.24, 2.45) is 5.16 Å². The molecule has 0 radical (unpaired) electrons. The van der Waals surface area contributed by atoms with E-state index in [1.54, 1.807) is 12.1 Å². The maximum absolute atomic E-state index is 12.2. The Hall–Kier alpha value is -2.67. The van der Waals surface area contributed by atoms with Gasteiger partial charge in [-0.1, -0.05) is 59.2 Å². The molecule has 33 heavy (non-hydrogen) atoms. The number of carbonyl (C=O) groups excluding carboxylic acids is 1. The highest BCUT2D eigenvalue weighted by Crippen LogP contribution is 2.25. The Morgan fingerprint density at radius 1 is 1.06 bits per heavy atom. The van der Waals surface area contributed by atoms with Gasteiger partial charge in [-0.05, 0) is 60.8 Å². The fourth-order valence-corrected chi connectivity index (χ4v) is 5.28. The van der Waals surface area contributed by atoms with Gasteiger partial charge in [0.15, 0.2) is 0 Å². The van der Waals surface area contributed by atoms with Crippen molar-refractivity contribution in [3.63, 3.8) is 0 Å². The lowest BCUT2D eigenvalue weighted by Gasteiger charge is -2.14. The fraction of sp³-hybridized carbons (Fsp3) is 0.308. The Labute approximate surface area is 203 Å². The topological polar surface area (TPSA) is 53.9 Å². The molecule has 1 atom stereocenters. The molecule has 1 N–H and O–H groups in total. The van der Waals surface area contributed by atoms with Gasteiger partial charge in [0, 0.05) is 18.5 Å². The molecule has 1 aromatic heterocycles. The van der Waals surface area contributed by atoms with Crippen LogP contribution in [0.3, 0.4) is 0 Å². The van der Waals surface area contributed by atoms with Crippen LogP contribution in [0.5, 0.6) is 0 Å². The Kier molecular flexibility index (Phi) is 6.76. The van der Waals surface area contributed by atoms with Crippen LogP contribution in [-0.2, 0) is 11.4 Å². The first-order valence-electron chi connectivity index (χ1n) is 11.3. The van der Waals surface area contributed by atoms with E-state index >= 15 is 0 Å². The molecule has 5 rings (SSSR count). The maximum atomic E-state index is 12.2. The summed E-state index contributed by atoms with van der Waals surface area (Å²) in [6.45, 7) is 3.85. The van der Waals surface area contributed by atoms with Crippen molar-refractivity contribution in [1.29, 1.82) is 0 Å². The van der Waals surface area contributed by atoms with Gasteiger partial charge in [0.2, 0.25) is 0 Å². The van der Waals surface area contributed by atoms with Crippen molar-refractivity contribution >= 4 is 34.6 Å². The first-order valence-corrected chi connectivity index (χ1v) is 12.5. The molecule has 2 aromatic carbocycles. The first kappa shape index (κ1) is 22.1. The normalized spacial score (nSPS) is 18.2. The minimum atomic E-state index is -0.173. The lowest BCUT2D eigenvalue weighted by atomic mass is 9.98. The summed E-state index contributed by atoms with van der Waals surface area (Å²) >= 11 is 7.18. The zero-order valence-corrected chi connectivity index (χ0v) is 19.9. The van der Waals surface area contributed by atoms with Crippen LogP contribution >= 0.6 is 22.9 Å². The van der Waals surface area contributed by atoms with Crippen LogP contribution < -0.4 is 5.32 Å². The van der Waals surface area contributed by atoms with E-state index in [1.165, 1.54) is 48.4 Å². The largest absolute Gasteiger partial charge is 0.390 e. The van der Waals surface area contributed by atoms with Crippen LogP contribution in [0.2, 0.25) is 4.34 Å². The molecule has 170 valence electrons. The monoisotopic (exact) mass is 479 g/mol. The number of thiophene rings is 1. The Balaban J connectivity index is 1.18. The van der Waals surface area contributed by atoms with Crippen molar-refractivity contribution in [3.8, 4) is 11.1 Å². The summed E-state index contributed by atoms with van der Waals surface area (Å²) < 4.78 is 0.601. The molecule has 1 saturated heterocycles. The molecule has 7 heteroatoms. The van der Waals surface area contributed by atoms with Crippen molar-refractivity contribution in [3.05, 3.63) is 81.0 Å². The highest BCUT2D eigenvalue weighted by atomic mass is 35.5. The van der Waals surface area contributed by atoms with Crippen molar-refractivity contribution in [2.45, 2.75) is 31.9 Å². The van der Waals surface area contributed by atoms with E-state index in [1.807, 2.05) is 0 Å². The summed E-state index contributed by atoms with van der Waals surface area (Å²) in [5, 5.41) is 7.20. The lowest BCUT2D eigenvalue weighted by Crippen LogP contribution is -2.31. The van der Waals surface area contributed by atoms with Crippen molar-refractivity contribution in [2.75, 3.05) is 19.6 Å². The van der Waals surface area contributed by atoms with Crippen LogP contribution in [0.4, 0.5) is 0 Å². The highest BCUT2D eigenvalue weighted by Gasteiger charge is 2.23. The van der Waals surface area contributed by atoms with Crippen LogP contribution in [-0.4, -0.2) is 42.3 Å². The molecule has 0 saturated carbocycles. The van der Waals surface area contributed by atoms with E-state index in [-0.39, 0.29) is 12.0 Å². The summed E-state index contributed by atoms with van der Waals surface area (Å²) in [6.07, 6.45) is 3.11. The molecule has 0 bridgehead atoms. The minimum absolute atomic E-state index is 0.140. The second-order valence-electron chi connectivity index (χ2n) is 8.54. The second kappa shape index (κ2) is 10.1. The number of nitrogens with zero attached hydrogens (tertiary/aromatic N) is 2. The standard InChI is InChI=1S/C26H26ClN3O2S/c27-25-11-10-24(33-25)26(31)28-16-22-15-23(29-32-22)21-5-3-4-20(14-21)19-8-6-18(7-9-19)17-30-12-1-2-13-30/h3-11,14,22H,1-2,12-13,15-17H2,(H,28,31). The number of benzene rings is 2. The van der Waals surface area contributed by atoms with Gasteiger partial charge in [-0.2, -0.15) is 0 Å². The molecular formula is C26H26ClN3O2S. The number of rotatable bonds is 7. The van der Waals surface area contributed by atoms with E-state index in [0.717, 1.165) is 23.4 Å². The fourth-order valence-electron chi connectivity index (χ4n) is 4.32. The van der Waals surface area contributed by atoms with Gasteiger partial charge in [-0.3, -0.25) is 9.69 Å². The number of carbonyl (C=O) groups is 1. The second-order valence-corrected chi connectivity index (χ2v) is 10.3. The molecule has 1 fully saturated rings. The number of nitrogens with one attached hydrogen (secondary N) is 1. The molecule has 5 nitrogen and oxygen atoms in total. The Bertz CT molecular complexity index is 1150. The van der Waals surface area contributed by atoms with Gasteiger partial charge in [0.25, 0.3) is 5.91 Å². The third-order valence-corrected chi connectivity index (χ3v) is 7.34. The minimum Gasteiger partial charge on any atom is -0.390 e. The van der Waals surface area contributed by atoms with Gasteiger partial charge in [0.1, 0.15) is 6.10 Å². The number of hydrogen-bond acceptors (Lipinski definition) is 5. The Morgan fingerprint density at radius 3 is 2.61 bits per heavy atom. The number of amides is 1. The van der Waals surface area contributed by atoms with Gasteiger partial charge in [0.05, 0.1) is 21.5 Å². The first-order chi connectivity index (χ1) is 16.1. The molecule has 2 aliphatic rings. The zero-order valence-electron chi connectivity index (χ0n) is 18.3. The molecule has 2 aliphatic heterocycles. The third-order valence-electron chi connectivity index (χ3n) is 6.11. The van der Waals surface area contributed by atoms with Crippen LogP contribution in [0.15, 0.2) is 65.8 Å². The van der Waals surface area contributed by atoms with Crippen molar-refractivity contribution in [1.82, 2.24) is 10.2 Å². The highest BCUT2D eigenvalue weighted by molar-refractivity contribution is 7.18. The van der Waals surface area contributed by atoms with E-state index in [2.05, 4.69) is 63.9 Å². The summed E-state index contributed by atoms with van der Waals surface area (Å²) in [4.78, 5) is 20.9. The van der Waals surface area contributed by atoms with E-state index in [9.17, 15) is 4.79 Å². The third kappa shape index (κ3) is 5.46. The summed E-state index contributed by atoms with van der Waals surface area (Å²) in [7, 11) is 0. The number of likely N-dealkylation sites (tertiary alicyclic amines) is 1. The van der Waals surface area contributed by atoms with Gasteiger partial charge < -0.3 is 10.2 Å². The van der Waals surface area contributed by atoms with E-state index in [4.69, 9.17) is 16.4 Å². The zero-order chi connectivity index (χ0) is 22.6. The lowest BCUT2D eigenvalue weighted by molar-refractivity contribution is 0.0755. The van der Waals surface area contributed by atoms with Crippen LogP contribution in [0.1, 0.15) is 40.1 Å². The van der Waals surface area contributed by atoms with Crippen LogP contribution in [0, 0.1) is 0 Å².